The van der Waals surface area contributed by atoms with Crippen molar-refractivity contribution in [3.8, 4) is 16.8 Å². The Hall–Kier alpha value is -13.1. The molecule has 0 fully saturated rings. The van der Waals surface area contributed by atoms with Gasteiger partial charge >= 0.3 is 0 Å². The lowest BCUT2D eigenvalue weighted by atomic mass is 9.33. The summed E-state index contributed by atoms with van der Waals surface area (Å²) in [5.74, 6) is 0. The summed E-state index contributed by atoms with van der Waals surface area (Å²) in [4.78, 5) is 5.35. The molecule has 17 aromatic carbocycles. The van der Waals surface area contributed by atoms with Crippen LogP contribution in [0.25, 0.3) is 38.6 Å². The van der Waals surface area contributed by atoms with Crippen LogP contribution in [0.15, 0.2) is 449 Å². The van der Waals surface area contributed by atoms with E-state index in [0.717, 1.165) is 62.0 Å². The van der Waals surface area contributed by atoms with Crippen molar-refractivity contribution in [2.75, 3.05) is 9.80 Å². The van der Waals surface area contributed by atoms with Crippen LogP contribution in [0.4, 0.5) is 34.1 Å². The molecule has 109 heavy (non-hydrogen) atoms. The molecule has 0 bridgehead atoms. The summed E-state index contributed by atoms with van der Waals surface area (Å²) in [6.07, 6.45) is 0. The molecule has 0 amide bonds. The fraction of sp³-hybridized carbons (Fsp3) is 0. The molecule has 512 valence electrons. The van der Waals surface area contributed by atoms with Crippen LogP contribution in [-0.2, 0) is 0 Å². The number of nitrogens with zero attached hydrogens (tertiary/aromatic N) is 3. The molecule has 0 N–H and O–H groups in total. The molecular formula is C102H74BN3Si3. The van der Waals surface area contributed by atoms with Crippen molar-refractivity contribution in [2.45, 2.75) is 0 Å². The fourth-order valence-corrected chi connectivity index (χ4v) is 33.2. The van der Waals surface area contributed by atoms with E-state index in [2.05, 4.69) is 463 Å². The van der Waals surface area contributed by atoms with Crippen molar-refractivity contribution in [3.63, 3.8) is 0 Å². The maximum atomic E-state index is 2.69. The van der Waals surface area contributed by atoms with E-state index in [1.807, 2.05) is 0 Å². The Kier molecular flexibility index (Phi) is 16.4. The lowest BCUT2D eigenvalue weighted by molar-refractivity contribution is 1.16. The van der Waals surface area contributed by atoms with Crippen LogP contribution in [0.2, 0.25) is 0 Å². The zero-order chi connectivity index (χ0) is 72.3. The summed E-state index contributed by atoms with van der Waals surface area (Å²) >= 11 is 0. The third-order valence-electron chi connectivity index (χ3n) is 23.4. The van der Waals surface area contributed by atoms with Crippen molar-refractivity contribution in [1.82, 2.24) is 4.57 Å². The summed E-state index contributed by atoms with van der Waals surface area (Å²) < 4.78 is 2.54. The van der Waals surface area contributed by atoms with Crippen LogP contribution < -0.4 is 88.4 Å². The minimum absolute atomic E-state index is 0.268. The molecule has 0 spiro atoms. The standard InChI is InChI=1S/C102H74BN3Si3/c1-11-37-75(38-12-1)91-61-36-62-94-102(91)106(76-65-67-88(68-66-76)107(79-40-13-2-14-41-79,80-42-15-3-16-43-80)81-44-17-4-18-45-81)100-73-78(105-96-63-33-31-59-92(96)93-60-32-34-64-97(93)105)72-99-101(100)103(94)95-74-90(109(85-52-25-8-26-53-85,86-54-27-9-28-55-86)87-56-29-10-30-57-87)69-70-98(95)104(99)77-39-35-58-89(71-77)108(82-46-19-5-20-47-82,83-48-21-6-22-49-83)84-50-23-7-24-51-84/h1-74H. The van der Waals surface area contributed by atoms with E-state index in [-0.39, 0.29) is 6.71 Å². The van der Waals surface area contributed by atoms with Gasteiger partial charge in [0.05, 0.1) is 16.7 Å². The van der Waals surface area contributed by atoms with E-state index in [1.54, 1.807) is 0 Å². The lowest BCUT2D eigenvalue weighted by Crippen LogP contribution is -2.75. The molecule has 3 nitrogen and oxygen atoms in total. The first kappa shape index (κ1) is 65.4. The smallest absolute Gasteiger partial charge is 0.252 e. The minimum atomic E-state index is -3.17. The Balaban J connectivity index is 0.933. The van der Waals surface area contributed by atoms with Gasteiger partial charge in [-0.05, 0) is 139 Å². The normalized spacial score (nSPS) is 12.5. The molecule has 2 aliphatic heterocycles. The quantitative estimate of drug-likeness (QED) is 0.0706. The lowest BCUT2D eigenvalue weighted by Gasteiger charge is -2.46. The summed E-state index contributed by atoms with van der Waals surface area (Å²) in [5, 5.41) is 18.3. The molecule has 0 saturated carbocycles. The Bertz CT molecular complexity index is 5990. The van der Waals surface area contributed by atoms with E-state index in [9.17, 15) is 0 Å². The first-order valence-electron chi connectivity index (χ1n) is 37.9. The largest absolute Gasteiger partial charge is 0.311 e. The van der Waals surface area contributed by atoms with Crippen LogP contribution in [0, 0.1) is 0 Å². The number of hydrogen-bond donors (Lipinski definition) is 0. The molecule has 2 aliphatic rings. The van der Waals surface area contributed by atoms with Gasteiger partial charge in [0.25, 0.3) is 6.71 Å². The molecule has 1 aromatic heterocycles. The van der Waals surface area contributed by atoms with Gasteiger partial charge in [-0.1, -0.05) is 394 Å². The molecule has 0 aliphatic carbocycles. The zero-order valence-electron chi connectivity index (χ0n) is 60.1. The number of aromatic nitrogens is 1. The predicted molar refractivity (Wildman–Crippen MR) is 471 cm³/mol. The summed E-state index contributed by atoms with van der Waals surface area (Å²) in [7, 11) is -9.27. The molecule has 18 aromatic rings. The highest BCUT2D eigenvalue weighted by Crippen LogP contribution is 2.49. The molecule has 0 saturated heterocycles. The molecule has 7 heteroatoms. The van der Waals surface area contributed by atoms with E-state index in [1.165, 1.54) is 89.4 Å². The van der Waals surface area contributed by atoms with Gasteiger partial charge in [0.15, 0.2) is 24.2 Å². The maximum absolute atomic E-state index is 3.17. The van der Waals surface area contributed by atoms with Crippen LogP contribution in [-0.4, -0.2) is 35.5 Å². The first-order valence-corrected chi connectivity index (χ1v) is 43.9. The second-order valence-electron chi connectivity index (χ2n) is 28.9. The Morgan fingerprint density at radius 1 is 0.202 bits per heavy atom. The van der Waals surface area contributed by atoms with Crippen LogP contribution >= 0.6 is 0 Å². The van der Waals surface area contributed by atoms with Gasteiger partial charge in [-0.15, -0.1) is 0 Å². The molecular weight excluding hydrogens is 1360 g/mol. The molecule has 3 heterocycles. The Morgan fingerprint density at radius 2 is 0.532 bits per heavy atom. The Morgan fingerprint density at radius 3 is 0.954 bits per heavy atom. The van der Waals surface area contributed by atoms with Crippen LogP contribution in [0.3, 0.4) is 0 Å². The second-order valence-corrected chi connectivity index (χ2v) is 40.3. The fourth-order valence-electron chi connectivity index (χ4n) is 18.9. The third kappa shape index (κ3) is 10.4. The molecule has 0 unspecified atom stereocenters. The highest BCUT2D eigenvalue weighted by molar-refractivity contribution is 7.21. The van der Waals surface area contributed by atoms with Gasteiger partial charge in [0.2, 0.25) is 0 Å². The number of fused-ring (bicyclic) bond motifs is 7. The van der Waals surface area contributed by atoms with E-state index >= 15 is 0 Å². The van der Waals surface area contributed by atoms with Gasteiger partial charge in [-0.3, -0.25) is 0 Å². The van der Waals surface area contributed by atoms with Gasteiger partial charge in [-0.2, -0.15) is 0 Å². The van der Waals surface area contributed by atoms with Crippen molar-refractivity contribution < 1.29 is 0 Å². The third-order valence-corrected chi connectivity index (χ3v) is 37.7. The summed E-state index contributed by atoms with van der Waals surface area (Å²) in [6, 6.07) is 171. The zero-order valence-corrected chi connectivity index (χ0v) is 63.1. The highest BCUT2D eigenvalue weighted by atomic mass is 28.3. The van der Waals surface area contributed by atoms with E-state index in [4.69, 9.17) is 0 Å². The molecule has 0 radical (unpaired) electrons. The average molecular weight is 1440 g/mol. The Labute approximate surface area is 641 Å². The van der Waals surface area contributed by atoms with Crippen molar-refractivity contribution in [3.05, 3.63) is 449 Å². The monoisotopic (exact) mass is 1440 g/mol. The number of anilines is 6. The number of benzene rings is 17. The van der Waals surface area contributed by atoms with Crippen molar-refractivity contribution in [2.24, 2.45) is 0 Å². The van der Waals surface area contributed by atoms with Gasteiger partial charge < -0.3 is 14.4 Å². The summed E-state index contributed by atoms with van der Waals surface area (Å²) in [6.45, 7) is -0.268. The van der Waals surface area contributed by atoms with Crippen LogP contribution in [0.5, 0.6) is 0 Å². The second kappa shape index (κ2) is 27.3. The van der Waals surface area contributed by atoms with Gasteiger partial charge in [0, 0.05) is 50.5 Å². The number of rotatable bonds is 16. The van der Waals surface area contributed by atoms with Gasteiger partial charge in [0.1, 0.15) is 0 Å². The SMILES string of the molecule is c1ccc(-c2cccc3c2N(c2ccc([Si](c4ccccc4)(c4ccccc4)c4ccccc4)cc2)c2cc(-n4c5ccccc5c5ccccc54)cc4c2B3c2cc([Si](c3ccccc3)(c3ccccc3)c3ccccc3)ccc2N4c2cccc([Si](c3ccccc3)(c3ccccc3)c3ccccc3)c2)cc1. The van der Waals surface area contributed by atoms with Crippen LogP contribution in [0.1, 0.15) is 0 Å². The van der Waals surface area contributed by atoms with E-state index < -0.39 is 24.2 Å². The topological polar surface area (TPSA) is 11.4 Å². The van der Waals surface area contributed by atoms with Crippen molar-refractivity contribution in [1.29, 1.82) is 0 Å². The number of hydrogen-bond acceptors (Lipinski definition) is 2. The minimum Gasteiger partial charge on any atom is -0.311 e. The highest BCUT2D eigenvalue weighted by Gasteiger charge is 2.49. The maximum Gasteiger partial charge on any atom is 0.252 e. The van der Waals surface area contributed by atoms with Gasteiger partial charge in [-0.25, -0.2) is 0 Å². The summed E-state index contributed by atoms with van der Waals surface area (Å²) in [5.41, 5.74) is 16.1. The molecule has 0 atom stereocenters. The number of para-hydroxylation sites is 3. The first-order chi connectivity index (χ1) is 54.1. The predicted octanol–water partition coefficient (Wildman–Crippen LogP) is 14.7. The molecule has 20 rings (SSSR count). The van der Waals surface area contributed by atoms with Crippen molar-refractivity contribution >= 4 is 165 Å². The average Bonchev–Trinajstić information content (AvgIpc) is 1.13. The van der Waals surface area contributed by atoms with E-state index in [0.29, 0.717) is 0 Å².